The van der Waals surface area contributed by atoms with Gasteiger partial charge < -0.3 is 73.5 Å². The SMILES string of the molecule is CC[C@H]1OC(=O)C[C@@H](O)[C@H](C)[C@@H](OC2OC(C)C(OC3CC(C)(O)C(O)C(C)O3)C(CNC)C2O)[C@@H](CC=O)C[C@@H](C)C(=O)CCC(C)=C[C@@H]1COC1OC(C)C(O)C(OC)C1C. The Kier molecular flexibility index (Phi) is 20.6. The van der Waals surface area contributed by atoms with E-state index >= 15 is 0 Å². The van der Waals surface area contributed by atoms with Crippen molar-refractivity contribution in [3.05, 3.63) is 11.6 Å². The molecule has 6 N–H and O–H groups in total. The molecule has 3 fully saturated rings. The highest BCUT2D eigenvalue weighted by atomic mass is 16.7. The zero-order valence-electron chi connectivity index (χ0n) is 39.3. The van der Waals surface area contributed by atoms with Crippen molar-refractivity contribution >= 4 is 18.0 Å². The zero-order chi connectivity index (χ0) is 46.9. The van der Waals surface area contributed by atoms with Crippen molar-refractivity contribution in [1.29, 1.82) is 0 Å². The summed E-state index contributed by atoms with van der Waals surface area (Å²) in [4.78, 5) is 39.8. The molecule has 0 amide bonds. The van der Waals surface area contributed by atoms with Gasteiger partial charge in [-0.05, 0) is 66.8 Å². The number of aldehydes is 1. The van der Waals surface area contributed by atoms with Crippen LogP contribution in [0.2, 0.25) is 0 Å². The van der Waals surface area contributed by atoms with E-state index in [1.165, 1.54) is 14.0 Å². The minimum absolute atomic E-state index is 0.0195. The summed E-state index contributed by atoms with van der Waals surface area (Å²) in [5.41, 5.74) is -0.584. The molecule has 4 rings (SSSR count). The van der Waals surface area contributed by atoms with Gasteiger partial charge in [0.1, 0.15) is 36.5 Å². The maximum absolute atomic E-state index is 13.8. The molecule has 4 aliphatic heterocycles. The second kappa shape index (κ2) is 24.2. The molecule has 63 heavy (non-hydrogen) atoms. The van der Waals surface area contributed by atoms with Gasteiger partial charge in [0.05, 0.1) is 61.4 Å². The van der Waals surface area contributed by atoms with Crippen molar-refractivity contribution in [1.82, 2.24) is 5.32 Å². The molecule has 0 spiro atoms. The molecule has 0 saturated carbocycles. The molecule has 3 saturated heterocycles. The van der Waals surface area contributed by atoms with Gasteiger partial charge in [0.2, 0.25) is 0 Å². The molecule has 0 aromatic heterocycles. The number of hydrogen-bond donors (Lipinski definition) is 6. The Labute approximate surface area is 373 Å². The van der Waals surface area contributed by atoms with Crippen molar-refractivity contribution in [2.75, 3.05) is 27.3 Å². The molecule has 17 heteroatoms. The number of Topliss-reactive ketones (excluding diaryl/α,β-unsaturated/α-hetero) is 1. The van der Waals surface area contributed by atoms with Crippen LogP contribution in [-0.2, 0) is 52.3 Å². The second-order valence-electron chi connectivity index (χ2n) is 19.0. The predicted octanol–water partition coefficient (Wildman–Crippen LogP) is 2.58. The number of allylic oxidation sites excluding steroid dienone is 1. The first kappa shape index (κ1) is 53.6. The van der Waals surface area contributed by atoms with Crippen molar-refractivity contribution < 1.29 is 77.8 Å². The number of hydrogen-bond acceptors (Lipinski definition) is 17. The molecule has 0 aromatic rings. The third kappa shape index (κ3) is 13.8. The van der Waals surface area contributed by atoms with Gasteiger partial charge in [-0.2, -0.15) is 0 Å². The summed E-state index contributed by atoms with van der Waals surface area (Å²) >= 11 is 0. The standard InChI is InChI=1S/C46H79NO16/c1-12-35-31(22-57-44-26(5)41(56-11)38(52)27(6)59-44)17-23(2)13-14-33(49)24(3)18-30(15-16-48)40(25(4)34(50)19-36(51)61-35)63-45-39(53)32(21-47-10)42(28(7)60-45)62-37-20-46(9,55)43(54)29(8)58-37/h16-17,24-32,34-35,37-45,47,50,52-55H,12-15,18-22H2,1-11H3/t24-,25+,26?,27?,28?,29?,30+,31-,32?,34-,35-,37?,38?,39?,40-,41?,42?,43?,44?,45?,46?/m1/s1. The van der Waals surface area contributed by atoms with E-state index in [2.05, 4.69) is 5.32 Å². The van der Waals surface area contributed by atoms with E-state index in [1.54, 1.807) is 34.7 Å². The third-order valence-electron chi connectivity index (χ3n) is 13.9. The van der Waals surface area contributed by atoms with Gasteiger partial charge in [0.15, 0.2) is 18.9 Å². The van der Waals surface area contributed by atoms with Gasteiger partial charge in [-0.25, -0.2) is 0 Å². The lowest BCUT2D eigenvalue weighted by Gasteiger charge is -2.48. The number of ketones is 1. The molecular weight excluding hydrogens is 822 g/mol. The Morgan fingerprint density at radius 1 is 0.889 bits per heavy atom. The summed E-state index contributed by atoms with van der Waals surface area (Å²) in [7, 11) is 3.26. The summed E-state index contributed by atoms with van der Waals surface area (Å²) in [5, 5.41) is 58.8. The van der Waals surface area contributed by atoms with E-state index in [4.69, 9.17) is 37.9 Å². The van der Waals surface area contributed by atoms with Crippen LogP contribution in [0.5, 0.6) is 0 Å². The van der Waals surface area contributed by atoms with Crippen LogP contribution in [0.15, 0.2) is 11.6 Å². The van der Waals surface area contributed by atoms with Crippen LogP contribution in [0, 0.1) is 35.5 Å². The van der Waals surface area contributed by atoms with Crippen molar-refractivity contribution in [3.8, 4) is 0 Å². The van der Waals surface area contributed by atoms with Crippen LogP contribution in [-0.4, -0.2) is 162 Å². The Balaban J connectivity index is 1.59. The number of carbonyl (C=O) groups is 3. The van der Waals surface area contributed by atoms with E-state index in [1.807, 2.05) is 33.8 Å². The Hall–Kier alpha value is -1.97. The normalized spacial score (nSPS) is 45.3. The van der Waals surface area contributed by atoms with Gasteiger partial charge in [0.25, 0.3) is 0 Å². The lowest BCUT2D eigenvalue weighted by atomic mass is 9.79. The highest BCUT2D eigenvalue weighted by molar-refractivity contribution is 5.80. The van der Waals surface area contributed by atoms with E-state index in [0.29, 0.717) is 12.8 Å². The summed E-state index contributed by atoms with van der Waals surface area (Å²) in [6, 6.07) is 0. The third-order valence-corrected chi connectivity index (χ3v) is 13.9. The number of aliphatic hydroxyl groups is 5. The van der Waals surface area contributed by atoms with Gasteiger partial charge in [-0.3, -0.25) is 9.59 Å². The number of esters is 1. The molecule has 17 nitrogen and oxygen atoms in total. The number of rotatable bonds is 13. The minimum atomic E-state index is -1.48. The summed E-state index contributed by atoms with van der Waals surface area (Å²) in [6.45, 7) is 16.2. The smallest absolute Gasteiger partial charge is 0.308 e. The molecule has 14 unspecified atom stereocenters. The maximum atomic E-state index is 13.8. The largest absolute Gasteiger partial charge is 0.462 e. The van der Waals surface area contributed by atoms with Crippen molar-refractivity contribution in [3.63, 3.8) is 0 Å². The fourth-order valence-electron chi connectivity index (χ4n) is 9.83. The first-order chi connectivity index (χ1) is 29.7. The second-order valence-corrected chi connectivity index (χ2v) is 19.0. The average molecular weight is 902 g/mol. The number of methoxy groups -OCH3 is 1. The van der Waals surface area contributed by atoms with E-state index in [9.17, 15) is 39.9 Å². The van der Waals surface area contributed by atoms with Crippen LogP contribution in [0.4, 0.5) is 0 Å². The Morgan fingerprint density at radius 2 is 1.57 bits per heavy atom. The number of ether oxygens (including phenoxy) is 8. The number of aliphatic hydroxyl groups excluding tert-OH is 4. The molecule has 0 radical (unpaired) electrons. The molecule has 0 aliphatic carbocycles. The first-order valence-corrected chi connectivity index (χ1v) is 23.0. The molecule has 4 aliphatic rings. The monoisotopic (exact) mass is 902 g/mol. The van der Waals surface area contributed by atoms with Crippen LogP contribution in [0.3, 0.4) is 0 Å². The Morgan fingerprint density at radius 3 is 2.19 bits per heavy atom. The average Bonchev–Trinajstić information content (AvgIpc) is 3.22. The summed E-state index contributed by atoms with van der Waals surface area (Å²) < 4.78 is 49.2. The fraction of sp³-hybridized carbons (Fsp3) is 0.891. The maximum Gasteiger partial charge on any atom is 0.308 e. The number of carbonyl (C=O) groups excluding carboxylic acids is 3. The van der Waals surface area contributed by atoms with Crippen molar-refractivity contribution in [2.45, 2.75) is 199 Å². The van der Waals surface area contributed by atoms with Gasteiger partial charge in [-0.1, -0.05) is 39.3 Å². The highest BCUT2D eigenvalue weighted by Crippen LogP contribution is 2.38. The molecule has 364 valence electrons. The topological polar surface area (TPSA) is 238 Å². The predicted molar refractivity (Wildman–Crippen MR) is 229 cm³/mol. The van der Waals surface area contributed by atoms with Gasteiger partial charge in [-0.15, -0.1) is 0 Å². The van der Waals surface area contributed by atoms with E-state index in [0.717, 1.165) is 11.9 Å². The molecule has 4 heterocycles. The van der Waals surface area contributed by atoms with Crippen molar-refractivity contribution in [2.24, 2.45) is 35.5 Å². The van der Waals surface area contributed by atoms with Gasteiger partial charge in [0, 0.05) is 62.5 Å². The first-order valence-electron chi connectivity index (χ1n) is 23.0. The molecule has 21 atom stereocenters. The summed E-state index contributed by atoms with van der Waals surface area (Å²) in [6.07, 6.45) is -8.80. The molecule has 0 bridgehead atoms. The fourth-order valence-corrected chi connectivity index (χ4v) is 9.83. The Bertz CT molecular complexity index is 1480. The van der Waals surface area contributed by atoms with E-state index in [-0.39, 0.29) is 50.5 Å². The lowest BCUT2D eigenvalue weighted by Crippen LogP contribution is -2.61. The number of cyclic esters (lactones) is 1. The quantitative estimate of drug-likeness (QED) is 0.0885. The molecular formula is C46H79NO16. The van der Waals surface area contributed by atoms with Gasteiger partial charge >= 0.3 is 5.97 Å². The lowest BCUT2D eigenvalue weighted by molar-refractivity contribution is -0.342. The highest BCUT2D eigenvalue weighted by Gasteiger charge is 2.51. The van der Waals surface area contributed by atoms with Crippen LogP contribution < -0.4 is 5.32 Å². The van der Waals surface area contributed by atoms with Crippen LogP contribution in [0.25, 0.3) is 0 Å². The molecule has 0 aromatic carbocycles. The zero-order valence-corrected chi connectivity index (χ0v) is 39.3. The summed E-state index contributed by atoms with van der Waals surface area (Å²) in [5.74, 6) is -3.99. The number of nitrogens with one attached hydrogen (secondary N) is 1. The van der Waals surface area contributed by atoms with E-state index < -0.39 is 134 Å². The van der Waals surface area contributed by atoms with Crippen LogP contribution >= 0.6 is 0 Å². The minimum Gasteiger partial charge on any atom is -0.462 e. The van der Waals surface area contributed by atoms with Crippen LogP contribution in [0.1, 0.15) is 107 Å².